The van der Waals surface area contributed by atoms with Crippen molar-refractivity contribution in [3.63, 3.8) is 0 Å². The average molecular weight is 1090 g/mol. The quantitative estimate of drug-likeness (QED) is 0.0886. The van der Waals surface area contributed by atoms with Crippen LogP contribution in [0.1, 0.15) is 172 Å². The Morgan fingerprint density at radius 1 is 0.693 bits per heavy atom. The lowest BCUT2D eigenvalue weighted by Gasteiger charge is -2.69. The van der Waals surface area contributed by atoms with E-state index in [1.807, 2.05) is 27.7 Å². The van der Waals surface area contributed by atoms with Crippen LogP contribution in [0.5, 0.6) is 0 Å². The lowest BCUT2D eigenvalue weighted by atomic mass is 9.42. The van der Waals surface area contributed by atoms with Gasteiger partial charge in [0.25, 0.3) is 0 Å². The summed E-state index contributed by atoms with van der Waals surface area (Å²) in [5.74, 6) is -2.53. The third-order valence-electron chi connectivity index (χ3n) is 25.5. The van der Waals surface area contributed by atoms with Gasteiger partial charge < -0.3 is 34.6 Å². The van der Waals surface area contributed by atoms with Crippen molar-refractivity contribution in [3.05, 3.63) is 33.9 Å². The van der Waals surface area contributed by atoms with Crippen molar-refractivity contribution in [2.45, 2.75) is 220 Å². The fraction of sp³-hybridized carbons (Fsp3) is 0.897. The molecule has 0 aromatic rings. The molecule has 11 unspecified atom stereocenters. The highest BCUT2D eigenvalue weighted by atomic mass is 32.3. The molecule has 15 nitrogen and oxygen atoms in total. The molecule has 2 spiro atoms. The molecule has 0 amide bonds. The van der Waals surface area contributed by atoms with E-state index in [9.17, 15) is 46.4 Å². The first-order chi connectivity index (χ1) is 34.7. The second-order valence-corrected chi connectivity index (χ2v) is 31.3. The van der Waals surface area contributed by atoms with Crippen LogP contribution in [0, 0.1) is 91.2 Å². The Morgan fingerprint density at radius 2 is 1.16 bits per heavy atom. The summed E-state index contributed by atoms with van der Waals surface area (Å²) in [6.45, 7) is 22.1. The lowest BCUT2D eigenvalue weighted by Crippen LogP contribution is -2.76. The summed E-state index contributed by atoms with van der Waals surface area (Å²) in [6.07, 6.45) is 11.1. The maximum atomic E-state index is 12.6. The molecule has 9 fully saturated rings. The van der Waals surface area contributed by atoms with Crippen molar-refractivity contribution in [2.24, 2.45) is 91.2 Å². The molecule has 5 saturated heterocycles. The SMILES string of the molecule is CC1=C[C@]2(C)C[C@H]1C[C@H]([C@@H](C)C1CCC3C4=C(CC[C@@]31C)[C@@]13COC(O)(C(O)C1)C(C)(C)C3C(OS(=O)(=O)O)C4)O[C@H]2CC[C@@H](C)[C@H]1CCC2C3=C(CC[C@@]21C)[C@@]12COC(O)(C(O)C1)C(C)(C)C2C(OS(=O)(=O)O)C3. The van der Waals surface area contributed by atoms with Gasteiger partial charge in [0.15, 0.2) is 11.6 Å². The van der Waals surface area contributed by atoms with Crippen LogP contribution < -0.4 is 0 Å². The van der Waals surface area contributed by atoms with E-state index in [1.165, 1.54) is 27.9 Å². The number of aliphatic hydroxyl groups is 4. The molecular formula is C58H88O15S2. The first-order valence-corrected chi connectivity index (χ1v) is 31.6. The highest BCUT2D eigenvalue weighted by Crippen LogP contribution is 2.74. The zero-order valence-corrected chi connectivity index (χ0v) is 47.8. The van der Waals surface area contributed by atoms with E-state index in [1.54, 1.807) is 0 Å². The monoisotopic (exact) mass is 1090 g/mol. The van der Waals surface area contributed by atoms with E-state index in [-0.39, 0.29) is 72.3 Å². The minimum Gasteiger partial charge on any atom is -0.387 e. The van der Waals surface area contributed by atoms with Crippen molar-refractivity contribution in [1.82, 2.24) is 0 Å². The van der Waals surface area contributed by atoms with Gasteiger partial charge in [-0.3, -0.25) is 9.11 Å². The molecule has 0 radical (unpaired) electrons. The Labute approximate surface area is 446 Å². The van der Waals surface area contributed by atoms with Crippen LogP contribution in [-0.2, 0) is 43.4 Å². The summed E-state index contributed by atoms with van der Waals surface area (Å²) in [6, 6.07) is 0. The molecular weight excluding hydrogens is 1000 g/mol. The van der Waals surface area contributed by atoms with Gasteiger partial charge in [-0.25, -0.2) is 8.37 Å². The first-order valence-electron chi connectivity index (χ1n) is 28.9. The number of ether oxygens (including phenoxy) is 3. The number of hydrogen-bond acceptors (Lipinski definition) is 13. The molecule has 22 atom stereocenters. The summed E-state index contributed by atoms with van der Waals surface area (Å²) in [5.41, 5.74) is 2.53. The minimum absolute atomic E-state index is 0.0312. The third-order valence-corrected chi connectivity index (χ3v) is 26.5. The van der Waals surface area contributed by atoms with Gasteiger partial charge in [0, 0.05) is 38.9 Å². The second kappa shape index (κ2) is 16.9. The molecule has 4 saturated carbocycles. The van der Waals surface area contributed by atoms with E-state index in [0.717, 1.165) is 77.0 Å². The van der Waals surface area contributed by atoms with Crippen LogP contribution in [0.3, 0.4) is 0 Å². The number of hydrogen-bond donors (Lipinski definition) is 6. The second-order valence-electron chi connectivity index (χ2n) is 29.3. The number of allylic oxidation sites excluding steroid dienone is 1. The molecule has 14 rings (SSSR count). The predicted octanol–water partition coefficient (Wildman–Crippen LogP) is 8.82. The molecule has 6 N–H and O–H groups in total. The Morgan fingerprint density at radius 3 is 1.63 bits per heavy atom. The van der Waals surface area contributed by atoms with Crippen molar-refractivity contribution in [2.75, 3.05) is 13.2 Å². The summed E-state index contributed by atoms with van der Waals surface area (Å²) in [4.78, 5) is 0. The number of rotatable bonds is 10. The largest absolute Gasteiger partial charge is 0.397 e. The van der Waals surface area contributed by atoms with E-state index < -0.39 is 90.3 Å². The molecule has 9 aliphatic carbocycles. The maximum Gasteiger partial charge on any atom is 0.397 e. The Kier molecular flexibility index (Phi) is 12.2. The standard InChI is InChI=1S/C58H88O15S2/c1-30(36-12-14-38-34-22-43(72-74(63,64)65)48-50(4,5)57(61)45(59)26-55(48,28-69-57)40(34)17-19-53(36,38)9)11-16-47-52(8)24-31(2)33(25-52)21-42(71-47)32(3)37-13-15-39-35-23-44(73-75(66,67)68)49-51(6,7)58(62)46(60)27-56(49,29-70-58)41(35)18-20-54(37,39)10/h24,30,32-33,36-39,42-49,59-62H,11-23,25-29H2,1-10H3,(H,63,64,65)(H,66,67,68)/t30-,32+,33-,36-,37?,38?,39?,42-,43?,44?,45?,46?,47+,48?,49?,52-,53-,54-,55+,56+,57?,58?/m1/s1. The van der Waals surface area contributed by atoms with E-state index >= 15 is 0 Å². The van der Waals surface area contributed by atoms with Gasteiger partial charge in [0.1, 0.15) is 12.2 Å². The van der Waals surface area contributed by atoms with Gasteiger partial charge in [-0.05, 0) is 162 Å². The Balaban J connectivity index is 0.784. The number of fused-ring (bicyclic) bond motifs is 10. The normalized spacial score (nSPS) is 52.0. The zero-order valence-electron chi connectivity index (χ0n) is 46.1. The Bertz CT molecular complexity index is 2720. The van der Waals surface area contributed by atoms with Gasteiger partial charge in [0.2, 0.25) is 0 Å². The van der Waals surface area contributed by atoms with Crippen LogP contribution in [0.2, 0.25) is 0 Å². The van der Waals surface area contributed by atoms with Crippen LogP contribution >= 0.6 is 0 Å². The van der Waals surface area contributed by atoms with Crippen molar-refractivity contribution >= 4 is 20.8 Å². The van der Waals surface area contributed by atoms with Crippen LogP contribution in [-0.4, -0.2) is 108 Å². The van der Waals surface area contributed by atoms with Crippen LogP contribution in [0.25, 0.3) is 0 Å². The molecule has 0 aromatic heterocycles. The summed E-state index contributed by atoms with van der Waals surface area (Å²) in [5, 5.41) is 46.5. The van der Waals surface area contributed by atoms with Crippen molar-refractivity contribution in [1.29, 1.82) is 0 Å². The third kappa shape index (κ3) is 7.39. The van der Waals surface area contributed by atoms with E-state index in [0.29, 0.717) is 36.5 Å². The summed E-state index contributed by atoms with van der Waals surface area (Å²) < 4.78 is 102. The molecule has 5 heterocycles. The van der Waals surface area contributed by atoms with Gasteiger partial charge in [-0.2, -0.15) is 16.8 Å². The zero-order chi connectivity index (χ0) is 54.0. The number of aliphatic hydroxyl groups excluding tert-OH is 2. The topological polar surface area (TPSA) is 236 Å². The minimum atomic E-state index is -4.84. The Hall–Kier alpha value is -1.32. The molecule has 17 heteroatoms. The smallest absolute Gasteiger partial charge is 0.387 e. The summed E-state index contributed by atoms with van der Waals surface area (Å²) in [7, 11) is -9.66. The van der Waals surface area contributed by atoms with E-state index in [2.05, 4.69) is 47.6 Å². The lowest BCUT2D eigenvalue weighted by molar-refractivity contribution is -0.408. The predicted molar refractivity (Wildman–Crippen MR) is 277 cm³/mol. The maximum absolute atomic E-state index is 12.6. The van der Waals surface area contributed by atoms with Gasteiger partial charge in [0.05, 0.1) is 37.6 Å². The highest BCUT2D eigenvalue weighted by Gasteiger charge is 2.76. The summed E-state index contributed by atoms with van der Waals surface area (Å²) >= 11 is 0. The molecule has 5 aliphatic heterocycles. The molecule has 14 aliphatic rings. The molecule has 422 valence electrons. The van der Waals surface area contributed by atoms with Crippen molar-refractivity contribution < 1.29 is 68.9 Å². The van der Waals surface area contributed by atoms with Gasteiger partial charge in [-0.1, -0.05) is 96.3 Å². The highest BCUT2D eigenvalue weighted by molar-refractivity contribution is 7.81. The first kappa shape index (κ1) is 54.3. The fourth-order valence-electron chi connectivity index (χ4n) is 22.4. The van der Waals surface area contributed by atoms with Crippen LogP contribution in [0.4, 0.5) is 0 Å². The van der Waals surface area contributed by atoms with Gasteiger partial charge in [-0.15, -0.1) is 0 Å². The van der Waals surface area contributed by atoms with E-state index in [4.69, 9.17) is 22.6 Å². The molecule has 6 bridgehead atoms. The van der Waals surface area contributed by atoms with Gasteiger partial charge >= 0.3 is 20.8 Å². The average Bonchev–Trinajstić information content (AvgIpc) is 4.01. The fourth-order valence-corrected chi connectivity index (χ4v) is 23.4. The molecule has 0 aromatic carbocycles. The molecule has 75 heavy (non-hydrogen) atoms. The van der Waals surface area contributed by atoms with Crippen molar-refractivity contribution in [3.8, 4) is 0 Å². The van der Waals surface area contributed by atoms with Crippen LogP contribution in [0.15, 0.2) is 33.9 Å².